The van der Waals surface area contributed by atoms with Crippen molar-refractivity contribution in [1.29, 1.82) is 0 Å². The van der Waals surface area contributed by atoms with E-state index in [1.165, 1.54) is 6.33 Å². The minimum Gasteiger partial charge on any atom is -0.445 e. The molecule has 0 unspecified atom stereocenters. The molecule has 0 saturated heterocycles. The molecule has 0 aliphatic rings. The number of imidazole rings is 1. The van der Waals surface area contributed by atoms with Crippen LogP contribution in [0.1, 0.15) is 22.5 Å². The molecule has 0 fully saturated rings. The number of aromatic amines is 2. The molecule has 168 valence electrons. The largest absolute Gasteiger partial charge is 0.445 e. The molecule has 0 bridgehead atoms. The third-order valence-electron chi connectivity index (χ3n) is 5.11. The normalized spacial score (nSPS) is 12.0. The summed E-state index contributed by atoms with van der Waals surface area (Å²) in [6.07, 6.45) is 4.20. The molecule has 0 radical (unpaired) electrons. The Hall–Kier alpha value is -4.40. The molecule has 0 spiro atoms. The van der Waals surface area contributed by atoms with E-state index in [2.05, 4.69) is 30.8 Å². The summed E-state index contributed by atoms with van der Waals surface area (Å²) in [7, 11) is 0. The van der Waals surface area contributed by atoms with Gasteiger partial charge >= 0.3 is 6.09 Å². The van der Waals surface area contributed by atoms with Crippen LogP contribution >= 0.6 is 0 Å². The van der Waals surface area contributed by atoms with Crippen molar-refractivity contribution in [2.24, 2.45) is 5.10 Å². The number of nitrogens with one attached hydrogen (secondary N) is 4. The van der Waals surface area contributed by atoms with E-state index in [1.54, 1.807) is 12.4 Å². The highest BCUT2D eigenvalue weighted by Gasteiger charge is 2.22. The minimum atomic E-state index is -0.907. The topological polar surface area (TPSA) is 124 Å². The van der Waals surface area contributed by atoms with Crippen LogP contribution in [0.3, 0.4) is 0 Å². The van der Waals surface area contributed by atoms with Crippen molar-refractivity contribution in [3.63, 3.8) is 0 Å². The molecule has 2 aromatic carbocycles. The first-order valence-corrected chi connectivity index (χ1v) is 10.4. The molecule has 0 aliphatic carbocycles. The van der Waals surface area contributed by atoms with Crippen molar-refractivity contribution in [3.05, 3.63) is 89.6 Å². The Morgan fingerprint density at radius 1 is 1.15 bits per heavy atom. The smallest absolute Gasteiger partial charge is 0.408 e. The van der Waals surface area contributed by atoms with Crippen molar-refractivity contribution in [3.8, 4) is 0 Å². The summed E-state index contributed by atoms with van der Waals surface area (Å²) in [6, 6.07) is 16.2. The highest BCUT2D eigenvalue weighted by Crippen LogP contribution is 2.19. The highest BCUT2D eigenvalue weighted by molar-refractivity contribution is 6.01. The van der Waals surface area contributed by atoms with E-state index in [4.69, 9.17) is 4.74 Å². The van der Waals surface area contributed by atoms with Gasteiger partial charge in [-0.2, -0.15) is 5.10 Å². The van der Waals surface area contributed by atoms with Gasteiger partial charge in [-0.15, -0.1) is 0 Å². The number of carbonyl (C=O) groups excluding carboxylic acids is 2. The van der Waals surface area contributed by atoms with Gasteiger partial charge in [-0.05, 0) is 18.6 Å². The van der Waals surface area contributed by atoms with Crippen LogP contribution in [0.4, 0.5) is 4.79 Å². The molecule has 0 saturated carbocycles. The number of hydrogen-bond acceptors (Lipinski definition) is 5. The van der Waals surface area contributed by atoms with E-state index in [0.29, 0.717) is 5.69 Å². The lowest BCUT2D eigenvalue weighted by atomic mass is 10.1. The van der Waals surface area contributed by atoms with E-state index in [1.807, 2.05) is 61.5 Å². The van der Waals surface area contributed by atoms with Crippen LogP contribution in [-0.2, 0) is 22.6 Å². The van der Waals surface area contributed by atoms with E-state index in [-0.39, 0.29) is 13.0 Å². The second kappa shape index (κ2) is 10.3. The standard InChI is InChI=1S/C24H24N6O3/c1-16-20(19-9-5-6-10-21(19)28-16)13-27-30-23(31)22(11-18-12-25-15-26-18)29-24(32)33-14-17-7-3-2-4-8-17/h2-10,12-13,15,22,28H,11,14H2,1H3,(H,25,26)(H,29,32)(H,30,31)/b27-13-/t22-/m1/s1. The van der Waals surface area contributed by atoms with Crippen molar-refractivity contribution in [2.45, 2.75) is 26.0 Å². The van der Waals surface area contributed by atoms with Crippen LogP contribution in [0.15, 0.2) is 72.2 Å². The first kappa shape index (κ1) is 21.8. The first-order chi connectivity index (χ1) is 16.1. The second-order valence-corrected chi connectivity index (χ2v) is 7.48. The molecule has 9 nitrogen and oxygen atoms in total. The van der Waals surface area contributed by atoms with Gasteiger partial charge in [0.05, 0.1) is 12.5 Å². The number of amides is 2. The first-order valence-electron chi connectivity index (χ1n) is 10.4. The summed E-state index contributed by atoms with van der Waals surface area (Å²) < 4.78 is 5.26. The number of nitrogens with zero attached hydrogens (tertiary/aromatic N) is 2. The Labute approximate surface area is 190 Å². The predicted octanol–water partition coefficient (Wildman–Crippen LogP) is 3.19. The molecule has 2 amide bonds. The lowest BCUT2D eigenvalue weighted by Gasteiger charge is -2.16. The summed E-state index contributed by atoms with van der Waals surface area (Å²) in [6.45, 7) is 2.04. The van der Waals surface area contributed by atoms with Gasteiger partial charge in [0.25, 0.3) is 5.91 Å². The molecule has 9 heteroatoms. The number of para-hydroxylation sites is 1. The number of aromatic nitrogens is 3. The number of ether oxygens (including phenoxy) is 1. The van der Waals surface area contributed by atoms with Gasteiger partial charge in [0.1, 0.15) is 12.6 Å². The zero-order valence-corrected chi connectivity index (χ0v) is 18.0. The molecule has 4 aromatic rings. The fraction of sp³-hybridized carbons (Fsp3) is 0.167. The van der Waals surface area contributed by atoms with E-state index >= 15 is 0 Å². The molecule has 1 atom stereocenters. The minimum absolute atomic E-state index is 0.100. The monoisotopic (exact) mass is 444 g/mol. The number of benzene rings is 2. The lowest BCUT2D eigenvalue weighted by Crippen LogP contribution is -2.47. The maximum atomic E-state index is 12.8. The Balaban J connectivity index is 1.41. The number of rotatable bonds is 8. The molecule has 33 heavy (non-hydrogen) atoms. The van der Waals surface area contributed by atoms with Crippen molar-refractivity contribution in [1.82, 2.24) is 25.7 Å². The molecule has 4 N–H and O–H groups in total. The number of carbonyl (C=O) groups is 2. The Morgan fingerprint density at radius 3 is 2.73 bits per heavy atom. The number of aryl methyl sites for hydroxylation is 1. The van der Waals surface area contributed by atoms with Gasteiger partial charge in [0, 0.05) is 40.5 Å². The fourth-order valence-corrected chi connectivity index (χ4v) is 3.44. The van der Waals surface area contributed by atoms with Gasteiger partial charge in [-0.3, -0.25) is 4.79 Å². The van der Waals surface area contributed by atoms with Gasteiger partial charge in [0.15, 0.2) is 0 Å². The quantitative estimate of drug-likeness (QED) is 0.246. The number of H-pyrrole nitrogens is 2. The Bertz CT molecular complexity index is 1250. The number of hydrogen-bond donors (Lipinski definition) is 4. The highest BCUT2D eigenvalue weighted by atomic mass is 16.5. The third-order valence-corrected chi connectivity index (χ3v) is 5.11. The molecule has 4 rings (SSSR count). The van der Waals surface area contributed by atoms with Crippen LogP contribution < -0.4 is 10.7 Å². The van der Waals surface area contributed by atoms with E-state index < -0.39 is 18.0 Å². The van der Waals surface area contributed by atoms with E-state index in [9.17, 15) is 9.59 Å². The van der Waals surface area contributed by atoms with Gasteiger partial charge < -0.3 is 20.0 Å². The van der Waals surface area contributed by atoms with Crippen LogP contribution in [0, 0.1) is 6.92 Å². The summed E-state index contributed by atoms with van der Waals surface area (Å²) in [5.74, 6) is -0.477. The molecule has 2 heterocycles. The summed E-state index contributed by atoms with van der Waals surface area (Å²) >= 11 is 0. The molecular weight excluding hydrogens is 420 g/mol. The average molecular weight is 444 g/mol. The molecule has 0 aliphatic heterocycles. The second-order valence-electron chi connectivity index (χ2n) is 7.48. The maximum Gasteiger partial charge on any atom is 0.408 e. The maximum absolute atomic E-state index is 12.8. The van der Waals surface area contributed by atoms with Crippen LogP contribution in [0.25, 0.3) is 10.9 Å². The van der Waals surface area contributed by atoms with Gasteiger partial charge in [-0.25, -0.2) is 15.2 Å². The van der Waals surface area contributed by atoms with Gasteiger partial charge in [0.2, 0.25) is 0 Å². The Kier molecular flexibility index (Phi) is 6.79. The predicted molar refractivity (Wildman–Crippen MR) is 125 cm³/mol. The Morgan fingerprint density at radius 2 is 1.94 bits per heavy atom. The summed E-state index contributed by atoms with van der Waals surface area (Å²) in [4.78, 5) is 35.3. The van der Waals surface area contributed by atoms with Crippen molar-refractivity contribution >= 4 is 29.1 Å². The third kappa shape index (κ3) is 5.65. The lowest BCUT2D eigenvalue weighted by molar-refractivity contribution is -0.123. The van der Waals surface area contributed by atoms with Crippen LogP contribution in [0.5, 0.6) is 0 Å². The van der Waals surface area contributed by atoms with Crippen LogP contribution in [-0.4, -0.2) is 39.2 Å². The zero-order chi connectivity index (χ0) is 23.0. The number of hydrazone groups is 1. The zero-order valence-electron chi connectivity index (χ0n) is 18.0. The summed E-state index contributed by atoms with van der Waals surface area (Å²) in [5.41, 5.74) is 6.86. The van der Waals surface area contributed by atoms with Crippen LogP contribution in [0.2, 0.25) is 0 Å². The fourth-order valence-electron chi connectivity index (χ4n) is 3.44. The average Bonchev–Trinajstić information content (AvgIpc) is 3.45. The van der Waals surface area contributed by atoms with Crippen molar-refractivity contribution in [2.75, 3.05) is 0 Å². The van der Waals surface area contributed by atoms with Crippen molar-refractivity contribution < 1.29 is 14.3 Å². The van der Waals surface area contributed by atoms with E-state index in [0.717, 1.165) is 27.7 Å². The SMILES string of the molecule is Cc1[nH]c2ccccc2c1/C=N\NC(=O)[C@@H](Cc1cnc[nH]1)NC(=O)OCc1ccccc1. The summed E-state index contributed by atoms with van der Waals surface area (Å²) in [5, 5.41) is 7.73. The molecule has 2 aromatic heterocycles. The number of alkyl carbamates (subject to hydrolysis) is 1. The van der Waals surface area contributed by atoms with Gasteiger partial charge in [-0.1, -0.05) is 48.5 Å². The molecular formula is C24H24N6O3. The number of fused-ring (bicyclic) bond motifs is 1.